The number of esters is 1. The molecule has 0 bridgehead atoms. The van der Waals surface area contributed by atoms with E-state index in [9.17, 15) is 20.0 Å². The second-order valence-corrected chi connectivity index (χ2v) is 3.43. The van der Waals surface area contributed by atoms with Gasteiger partial charge in [-0.25, -0.2) is 4.79 Å². The molecular formula is C8H11N3O5. The maximum atomic E-state index is 11.1. The van der Waals surface area contributed by atoms with Crippen molar-refractivity contribution in [3.8, 4) is 0 Å². The van der Waals surface area contributed by atoms with Crippen molar-refractivity contribution >= 4 is 11.8 Å². The minimum Gasteiger partial charge on any atom is -0.467 e. The van der Waals surface area contributed by atoms with Crippen LogP contribution in [0.5, 0.6) is 0 Å². The average Bonchev–Trinajstić information content (AvgIpc) is 2.64. The summed E-state index contributed by atoms with van der Waals surface area (Å²) >= 11 is 0. The molecule has 16 heavy (non-hydrogen) atoms. The third-order valence-electron chi connectivity index (χ3n) is 1.92. The van der Waals surface area contributed by atoms with Crippen LogP contribution in [0.4, 0.5) is 5.82 Å². The number of aromatic nitrogens is 2. The normalized spacial score (nSPS) is 14.2. The quantitative estimate of drug-likeness (QED) is 0.432. The van der Waals surface area contributed by atoms with E-state index in [0.717, 1.165) is 19.6 Å². The second-order valence-electron chi connectivity index (χ2n) is 3.43. The van der Waals surface area contributed by atoms with Crippen LogP contribution in [0.1, 0.15) is 6.92 Å². The molecule has 8 heteroatoms. The van der Waals surface area contributed by atoms with Crippen molar-refractivity contribution in [1.29, 1.82) is 0 Å². The molecule has 0 aromatic carbocycles. The van der Waals surface area contributed by atoms with Crippen LogP contribution in [0.25, 0.3) is 0 Å². The molecule has 0 aliphatic rings. The number of imidazole rings is 1. The molecule has 0 spiro atoms. The maximum absolute atomic E-state index is 11.1. The van der Waals surface area contributed by atoms with E-state index in [1.165, 1.54) is 11.5 Å². The Morgan fingerprint density at radius 1 is 1.81 bits per heavy atom. The minimum absolute atomic E-state index is 0.166. The van der Waals surface area contributed by atoms with E-state index in [1.807, 2.05) is 0 Å². The van der Waals surface area contributed by atoms with Gasteiger partial charge in [-0.2, -0.15) is 0 Å². The first kappa shape index (κ1) is 12.1. The van der Waals surface area contributed by atoms with Crippen LogP contribution in [0.2, 0.25) is 0 Å². The molecule has 1 N–H and O–H groups in total. The Morgan fingerprint density at radius 3 is 2.88 bits per heavy atom. The van der Waals surface area contributed by atoms with E-state index in [0.29, 0.717) is 0 Å². The summed E-state index contributed by atoms with van der Waals surface area (Å²) in [5.74, 6) is -1.16. The Labute approximate surface area is 90.6 Å². The first-order valence-electron chi connectivity index (χ1n) is 4.34. The van der Waals surface area contributed by atoms with Gasteiger partial charge in [0, 0.05) is 0 Å². The van der Waals surface area contributed by atoms with Gasteiger partial charge >= 0.3 is 11.8 Å². The number of methoxy groups -OCH3 is 1. The predicted octanol–water partition coefficient (Wildman–Crippen LogP) is -0.285. The molecule has 1 rings (SSSR count). The van der Waals surface area contributed by atoms with Crippen LogP contribution in [0.15, 0.2) is 12.5 Å². The van der Waals surface area contributed by atoms with Crippen molar-refractivity contribution < 1.29 is 19.6 Å². The van der Waals surface area contributed by atoms with Crippen molar-refractivity contribution in [3.63, 3.8) is 0 Å². The van der Waals surface area contributed by atoms with Crippen LogP contribution in [0, 0.1) is 10.1 Å². The lowest BCUT2D eigenvalue weighted by atomic mass is 10.1. The van der Waals surface area contributed by atoms with E-state index < -0.39 is 16.5 Å². The zero-order valence-corrected chi connectivity index (χ0v) is 8.78. The van der Waals surface area contributed by atoms with Crippen molar-refractivity contribution in [2.24, 2.45) is 0 Å². The molecule has 1 unspecified atom stereocenters. The molecule has 0 aliphatic carbocycles. The number of nitro groups is 1. The molecule has 1 aromatic rings. The Kier molecular flexibility index (Phi) is 3.23. The van der Waals surface area contributed by atoms with Gasteiger partial charge in [0.15, 0.2) is 5.60 Å². The van der Waals surface area contributed by atoms with Gasteiger partial charge in [-0.3, -0.25) is 0 Å². The summed E-state index contributed by atoms with van der Waals surface area (Å²) in [6.45, 7) is 1.09. The second kappa shape index (κ2) is 4.27. The van der Waals surface area contributed by atoms with Crippen molar-refractivity contribution in [3.05, 3.63) is 22.6 Å². The summed E-state index contributed by atoms with van der Waals surface area (Å²) < 4.78 is 5.63. The highest BCUT2D eigenvalue weighted by atomic mass is 16.6. The SMILES string of the molecule is COC(=O)C(C)(O)Cn1cnc([N+](=O)[O-])c1. The topological polar surface area (TPSA) is 107 Å². The van der Waals surface area contributed by atoms with Gasteiger partial charge in [0.25, 0.3) is 0 Å². The van der Waals surface area contributed by atoms with E-state index in [4.69, 9.17) is 0 Å². The Hall–Kier alpha value is -1.96. The highest BCUT2D eigenvalue weighted by molar-refractivity contribution is 5.78. The molecule has 1 heterocycles. The van der Waals surface area contributed by atoms with Gasteiger partial charge in [0.1, 0.15) is 6.20 Å². The highest BCUT2D eigenvalue weighted by Gasteiger charge is 2.32. The molecule has 1 aromatic heterocycles. The molecule has 88 valence electrons. The molecular weight excluding hydrogens is 218 g/mol. The number of hydrogen-bond donors (Lipinski definition) is 1. The molecule has 8 nitrogen and oxygen atoms in total. The van der Waals surface area contributed by atoms with Crippen molar-refractivity contribution in [2.45, 2.75) is 19.1 Å². The van der Waals surface area contributed by atoms with E-state index in [-0.39, 0.29) is 12.4 Å². The monoisotopic (exact) mass is 229 g/mol. The van der Waals surface area contributed by atoms with Crippen LogP contribution in [-0.4, -0.2) is 38.3 Å². The average molecular weight is 229 g/mol. The number of aliphatic hydroxyl groups is 1. The third-order valence-corrected chi connectivity index (χ3v) is 1.92. The Balaban J connectivity index is 2.80. The lowest BCUT2D eigenvalue weighted by molar-refractivity contribution is -0.389. The summed E-state index contributed by atoms with van der Waals surface area (Å²) in [6.07, 6.45) is 2.28. The first-order chi connectivity index (χ1) is 7.36. The van der Waals surface area contributed by atoms with Crippen molar-refractivity contribution in [1.82, 2.24) is 9.55 Å². The lowest BCUT2D eigenvalue weighted by Gasteiger charge is -2.19. The van der Waals surface area contributed by atoms with E-state index in [1.54, 1.807) is 0 Å². The number of carbonyl (C=O) groups is 1. The van der Waals surface area contributed by atoms with Gasteiger partial charge < -0.3 is 24.5 Å². The van der Waals surface area contributed by atoms with Gasteiger partial charge in [0.05, 0.1) is 13.7 Å². The lowest BCUT2D eigenvalue weighted by Crippen LogP contribution is -2.40. The molecule has 1 atom stereocenters. The van der Waals surface area contributed by atoms with Gasteiger partial charge in [-0.1, -0.05) is 0 Å². The Morgan fingerprint density at radius 2 is 2.44 bits per heavy atom. The fourth-order valence-electron chi connectivity index (χ4n) is 1.17. The maximum Gasteiger partial charge on any atom is 0.381 e. The largest absolute Gasteiger partial charge is 0.467 e. The van der Waals surface area contributed by atoms with Gasteiger partial charge in [-0.05, 0) is 16.8 Å². The predicted molar refractivity (Wildman–Crippen MR) is 51.5 cm³/mol. The Bertz CT molecular complexity index is 412. The van der Waals surface area contributed by atoms with Crippen LogP contribution < -0.4 is 0 Å². The van der Waals surface area contributed by atoms with E-state index in [2.05, 4.69) is 9.72 Å². The van der Waals surface area contributed by atoms with Gasteiger partial charge in [0.2, 0.25) is 6.33 Å². The van der Waals surface area contributed by atoms with Crippen LogP contribution in [0.3, 0.4) is 0 Å². The summed E-state index contributed by atoms with van der Waals surface area (Å²) in [7, 11) is 1.15. The number of nitrogens with zero attached hydrogens (tertiary/aromatic N) is 3. The molecule has 0 aliphatic heterocycles. The first-order valence-corrected chi connectivity index (χ1v) is 4.34. The molecule has 0 radical (unpaired) electrons. The van der Waals surface area contributed by atoms with E-state index >= 15 is 0 Å². The number of rotatable bonds is 4. The minimum atomic E-state index is -1.75. The van der Waals surface area contributed by atoms with Crippen molar-refractivity contribution in [2.75, 3.05) is 7.11 Å². The summed E-state index contributed by atoms with van der Waals surface area (Å²) in [5.41, 5.74) is -1.75. The standard InChI is InChI=1S/C8H11N3O5/c1-8(13,7(12)16-2)4-10-3-6(9-5-10)11(14)15/h3,5,13H,4H2,1-2H3. The highest BCUT2D eigenvalue weighted by Crippen LogP contribution is 2.12. The van der Waals surface area contributed by atoms with Crippen LogP contribution >= 0.6 is 0 Å². The summed E-state index contributed by atoms with van der Waals surface area (Å²) in [4.78, 5) is 24.3. The van der Waals surface area contributed by atoms with Gasteiger partial charge in [-0.15, -0.1) is 0 Å². The fraction of sp³-hybridized carbons (Fsp3) is 0.500. The zero-order valence-electron chi connectivity index (χ0n) is 8.78. The zero-order chi connectivity index (χ0) is 12.3. The fourth-order valence-corrected chi connectivity index (χ4v) is 1.17. The molecule has 0 saturated carbocycles. The number of hydrogen-bond acceptors (Lipinski definition) is 6. The number of ether oxygens (including phenoxy) is 1. The summed E-state index contributed by atoms with van der Waals surface area (Å²) in [5, 5.41) is 20.0. The molecule has 0 saturated heterocycles. The molecule has 0 amide bonds. The summed E-state index contributed by atoms with van der Waals surface area (Å²) in [6, 6.07) is 0. The number of carbonyl (C=O) groups excluding carboxylic acids is 1. The third kappa shape index (κ3) is 2.54. The smallest absolute Gasteiger partial charge is 0.381 e. The van der Waals surface area contributed by atoms with Crippen LogP contribution in [-0.2, 0) is 16.1 Å². The molecule has 0 fully saturated rings.